The number of aromatic nitrogens is 6. The summed E-state index contributed by atoms with van der Waals surface area (Å²) >= 11 is 1.61. The van der Waals surface area contributed by atoms with Crippen LogP contribution in [0.25, 0.3) is 49.8 Å². The number of nitrogens with two attached hydrogens (primary N) is 1. The third kappa shape index (κ3) is 3.24. The minimum absolute atomic E-state index is 0.200. The predicted molar refractivity (Wildman–Crippen MR) is 149 cm³/mol. The van der Waals surface area contributed by atoms with Crippen molar-refractivity contribution in [2.24, 2.45) is 5.73 Å². The van der Waals surface area contributed by atoms with Crippen LogP contribution in [0, 0.1) is 0 Å². The minimum atomic E-state index is -0.200. The molecule has 8 rings (SSSR count). The Bertz CT molecular complexity index is 1930. The van der Waals surface area contributed by atoms with Gasteiger partial charge in [0.15, 0.2) is 10.7 Å². The number of hydrogen-bond donors (Lipinski definition) is 1. The van der Waals surface area contributed by atoms with E-state index in [2.05, 4.69) is 59.0 Å². The van der Waals surface area contributed by atoms with Gasteiger partial charge in [0.2, 0.25) is 0 Å². The topological polar surface area (TPSA) is 78.1 Å². The van der Waals surface area contributed by atoms with Crippen LogP contribution >= 0.6 is 11.3 Å². The molecule has 38 heavy (non-hydrogen) atoms. The molecule has 0 aliphatic heterocycles. The monoisotopic (exact) mass is 514 g/mol. The van der Waals surface area contributed by atoms with Gasteiger partial charge in [-0.15, -0.1) is 11.3 Å². The third-order valence-electron chi connectivity index (χ3n) is 7.75. The molecule has 5 heterocycles. The quantitative estimate of drug-likeness (QED) is 0.313. The number of rotatable bonds is 4. The van der Waals surface area contributed by atoms with Crippen LogP contribution < -0.4 is 10.1 Å². The summed E-state index contributed by atoms with van der Waals surface area (Å²) < 4.78 is 6.17. The molecule has 2 aromatic carbocycles. The molecule has 0 bridgehead atoms. The van der Waals surface area contributed by atoms with Crippen LogP contribution in [0.2, 0.25) is 0 Å². The highest BCUT2D eigenvalue weighted by atomic mass is 32.1. The van der Waals surface area contributed by atoms with Crippen molar-refractivity contribution in [3.8, 4) is 28.3 Å². The van der Waals surface area contributed by atoms with Gasteiger partial charge in [-0.1, -0.05) is 47.1 Å². The Morgan fingerprint density at radius 2 is 1.82 bits per heavy atom. The van der Waals surface area contributed by atoms with Gasteiger partial charge in [-0.2, -0.15) is 4.40 Å². The van der Waals surface area contributed by atoms with Crippen LogP contribution in [0.15, 0.2) is 96.9 Å². The number of imidazole rings is 1. The van der Waals surface area contributed by atoms with Gasteiger partial charge in [0, 0.05) is 35.1 Å². The first kappa shape index (κ1) is 21.7. The SMILES string of the molecule is NC1(c2ccc(-n3nc(-c4cn5ccsc5n4)[n+]4ccc5ncc(-c6ccccc6)cc5c34)cc2)CCC1. The van der Waals surface area contributed by atoms with E-state index in [0.717, 1.165) is 62.7 Å². The van der Waals surface area contributed by atoms with E-state index in [9.17, 15) is 0 Å². The average Bonchev–Trinajstić information content (AvgIpc) is 3.66. The lowest BCUT2D eigenvalue weighted by Crippen LogP contribution is -2.43. The van der Waals surface area contributed by atoms with E-state index in [1.165, 1.54) is 12.0 Å². The molecule has 7 nitrogen and oxygen atoms in total. The molecule has 0 spiro atoms. The highest BCUT2D eigenvalue weighted by Gasteiger charge is 2.34. The summed E-state index contributed by atoms with van der Waals surface area (Å²) in [6.45, 7) is 0. The van der Waals surface area contributed by atoms with E-state index in [0.29, 0.717) is 0 Å². The first-order valence-corrected chi connectivity index (χ1v) is 13.7. The third-order valence-corrected chi connectivity index (χ3v) is 8.53. The Balaban J connectivity index is 1.38. The fourth-order valence-corrected chi connectivity index (χ4v) is 6.17. The molecule has 0 radical (unpaired) electrons. The smallest absolute Gasteiger partial charge is 0.321 e. The Kier molecular flexibility index (Phi) is 4.59. The summed E-state index contributed by atoms with van der Waals surface area (Å²) in [5, 5.41) is 8.19. The molecule has 7 aromatic rings. The highest BCUT2D eigenvalue weighted by Crippen LogP contribution is 2.39. The molecule has 1 aliphatic rings. The molecule has 184 valence electrons. The zero-order valence-corrected chi connectivity index (χ0v) is 21.3. The number of benzene rings is 2. The summed E-state index contributed by atoms with van der Waals surface area (Å²) in [5.74, 6) is 0.779. The van der Waals surface area contributed by atoms with Crippen LogP contribution in [0.5, 0.6) is 0 Å². The molecule has 0 atom stereocenters. The van der Waals surface area contributed by atoms with E-state index < -0.39 is 0 Å². The summed E-state index contributed by atoms with van der Waals surface area (Å²) in [6.07, 6.45) is 11.3. The van der Waals surface area contributed by atoms with Gasteiger partial charge in [0.25, 0.3) is 5.65 Å². The molecule has 2 N–H and O–H groups in total. The van der Waals surface area contributed by atoms with Crippen molar-refractivity contribution >= 4 is 32.8 Å². The molecule has 0 amide bonds. The highest BCUT2D eigenvalue weighted by molar-refractivity contribution is 7.15. The molecule has 0 saturated heterocycles. The molecular weight excluding hydrogens is 490 g/mol. The lowest BCUT2D eigenvalue weighted by Gasteiger charge is -2.38. The average molecular weight is 515 g/mol. The predicted octanol–water partition coefficient (Wildman–Crippen LogP) is 5.54. The van der Waals surface area contributed by atoms with Crippen LogP contribution in [0.3, 0.4) is 0 Å². The number of fused-ring (bicyclic) bond motifs is 4. The molecule has 1 aliphatic carbocycles. The van der Waals surface area contributed by atoms with Gasteiger partial charge in [-0.3, -0.25) is 9.38 Å². The van der Waals surface area contributed by atoms with Crippen LogP contribution in [-0.2, 0) is 5.54 Å². The van der Waals surface area contributed by atoms with E-state index in [4.69, 9.17) is 20.8 Å². The molecule has 1 fully saturated rings. The molecule has 0 unspecified atom stereocenters. The number of thiazole rings is 1. The maximum atomic E-state index is 6.61. The van der Waals surface area contributed by atoms with E-state index >= 15 is 0 Å². The van der Waals surface area contributed by atoms with E-state index in [1.54, 1.807) is 11.3 Å². The second-order valence-corrected chi connectivity index (χ2v) is 10.9. The second kappa shape index (κ2) is 8.05. The second-order valence-electron chi connectivity index (χ2n) is 10.0. The van der Waals surface area contributed by atoms with Gasteiger partial charge in [0.05, 0.1) is 22.2 Å². The van der Waals surface area contributed by atoms with Crippen molar-refractivity contribution in [3.63, 3.8) is 0 Å². The van der Waals surface area contributed by atoms with Crippen molar-refractivity contribution in [2.45, 2.75) is 24.8 Å². The summed E-state index contributed by atoms with van der Waals surface area (Å²) in [5.41, 5.74) is 13.4. The van der Waals surface area contributed by atoms with Crippen LogP contribution in [-0.4, -0.2) is 24.1 Å². The van der Waals surface area contributed by atoms with Crippen molar-refractivity contribution in [2.75, 3.05) is 0 Å². The first-order chi connectivity index (χ1) is 18.7. The Morgan fingerprint density at radius 1 is 0.974 bits per heavy atom. The largest absolute Gasteiger partial charge is 0.334 e. The fourth-order valence-electron chi connectivity index (χ4n) is 5.47. The van der Waals surface area contributed by atoms with Crippen molar-refractivity contribution in [1.29, 1.82) is 0 Å². The normalized spacial score (nSPS) is 14.9. The first-order valence-electron chi connectivity index (χ1n) is 12.8. The van der Waals surface area contributed by atoms with Gasteiger partial charge in [-0.25, -0.2) is 4.98 Å². The zero-order chi connectivity index (χ0) is 25.3. The number of hydrogen-bond acceptors (Lipinski definition) is 5. The van der Waals surface area contributed by atoms with Gasteiger partial charge >= 0.3 is 5.82 Å². The van der Waals surface area contributed by atoms with Gasteiger partial charge in [0.1, 0.15) is 5.69 Å². The van der Waals surface area contributed by atoms with E-state index in [1.807, 2.05) is 51.4 Å². The molecular formula is C30H24N7S+. The standard InChI is InChI=1S/C30H24N7S/c31-30(12-4-13-30)22-7-9-23(10-8-22)37-28-24-17-21(20-5-2-1-3-6-20)18-32-25(24)11-14-36(28)27(34-37)26-19-35-15-16-38-29(35)33-26/h1-3,5-11,14-19H,4,12-13,31H2/q+1. The molecule has 1 saturated carbocycles. The molecule has 8 heteroatoms. The van der Waals surface area contributed by atoms with Crippen molar-refractivity contribution in [1.82, 2.24) is 24.1 Å². The number of pyridine rings is 2. The van der Waals surface area contributed by atoms with E-state index in [-0.39, 0.29) is 5.54 Å². The Hall–Kier alpha value is -4.40. The lowest BCUT2D eigenvalue weighted by atomic mass is 9.73. The van der Waals surface area contributed by atoms with Crippen molar-refractivity contribution < 1.29 is 4.40 Å². The molecule has 5 aromatic heterocycles. The van der Waals surface area contributed by atoms with Crippen LogP contribution in [0.1, 0.15) is 24.8 Å². The summed E-state index contributed by atoms with van der Waals surface area (Å²) in [4.78, 5) is 10.6. The Labute approximate surface area is 222 Å². The van der Waals surface area contributed by atoms with Gasteiger partial charge < -0.3 is 5.73 Å². The van der Waals surface area contributed by atoms with Gasteiger partial charge in [-0.05, 0) is 54.7 Å². The Morgan fingerprint density at radius 3 is 2.58 bits per heavy atom. The summed E-state index contributed by atoms with van der Waals surface area (Å²) in [7, 11) is 0. The van der Waals surface area contributed by atoms with Crippen molar-refractivity contribution in [3.05, 3.63) is 102 Å². The lowest BCUT2D eigenvalue weighted by molar-refractivity contribution is -0.498. The summed E-state index contributed by atoms with van der Waals surface area (Å²) in [6, 6.07) is 23.1. The maximum Gasteiger partial charge on any atom is 0.334 e. The fraction of sp³-hybridized carbons (Fsp3) is 0.133. The minimum Gasteiger partial charge on any atom is -0.321 e. The maximum absolute atomic E-state index is 6.61. The van der Waals surface area contributed by atoms with Crippen LogP contribution in [0.4, 0.5) is 0 Å². The zero-order valence-electron chi connectivity index (χ0n) is 20.5. The number of nitrogens with zero attached hydrogens (tertiary/aromatic N) is 6.